The molecule has 0 unspecified atom stereocenters. The molecule has 1 saturated heterocycles. The quantitative estimate of drug-likeness (QED) is 0.720. The van der Waals surface area contributed by atoms with Crippen LogP contribution in [0, 0.1) is 11.8 Å². The van der Waals surface area contributed by atoms with Gasteiger partial charge in [0.05, 0.1) is 0 Å². The average Bonchev–Trinajstić information content (AvgIpc) is 2.36. The van der Waals surface area contributed by atoms with Crippen molar-refractivity contribution >= 4 is 0 Å². The number of piperazine rings is 1. The normalized spacial score (nSPS) is 20.5. The van der Waals surface area contributed by atoms with Crippen LogP contribution in [0.15, 0.2) is 0 Å². The number of rotatable bonds is 8. The monoisotopic (exact) mass is 255 g/mol. The van der Waals surface area contributed by atoms with Crippen LogP contribution < -0.4 is 5.73 Å². The molecule has 0 amide bonds. The third-order valence-corrected chi connectivity index (χ3v) is 4.00. The second-order valence-electron chi connectivity index (χ2n) is 6.20. The lowest BCUT2D eigenvalue weighted by molar-refractivity contribution is 0.125. The summed E-state index contributed by atoms with van der Waals surface area (Å²) in [5.41, 5.74) is 5.87. The Kier molecular flexibility index (Phi) is 7.87. The molecule has 0 aliphatic carbocycles. The van der Waals surface area contributed by atoms with Crippen molar-refractivity contribution in [2.24, 2.45) is 17.6 Å². The lowest BCUT2D eigenvalue weighted by Crippen LogP contribution is -2.47. The highest BCUT2D eigenvalue weighted by atomic mass is 15.3. The van der Waals surface area contributed by atoms with Crippen LogP contribution in [0.4, 0.5) is 0 Å². The molecule has 108 valence electrons. The predicted molar refractivity (Wildman–Crippen MR) is 79.8 cm³/mol. The van der Waals surface area contributed by atoms with E-state index in [4.69, 9.17) is 5.73 Å². The van der Waals surface area contributed by atoms with E-state index in [1.165, 1.54) is 58.5 Å². The van der Waals surface area contributed by atoms with Gasteiger partial charge in [0.15, 0.2) is 0 Å². The smallest absolute Gasteiger partial charge is 0.0110 e. The van der Waals surface area contributed by atoms with Gasteiger partial charge in [-0.1, -0.05) is 20.8 Å². The largest absolute Gasteiger partial charge is 0.330 e. The van der Waals surface area contributed by atoms with Crippen LogP contribution in [0.3, 0.4) is 0 Å². The summed E-state index contributed by atoms with van der Waals surface area (Å²) in [6.45, 7) is 15.2. The van der Waals surface area contributed by atoms with Gasteiger partial charge in [-0.3, -0.25) is 0 Å². The summed E-state index contributed by atoms with van der Waals surface area (Å²) in [5.74, 6) is 1.50. The minimum Gasteiger partial charge on any atom is -0.330 e. The lowest BCUT2D eigenvalue weighted by atomic mass is 9.94. The Morgan fingerprint density at radius 1 is 1.00 bits per heavy atom. The fourth-order valence-corrected chi connectivity index (χ4v) is 2.92. The van der Waals surface area contributed by atoms with Gasteiger partial charge < -0.3 is 15.5 Å². The minimum absolute atomic E-state index is 0.721. The van der Waals surface area contributed by atoms with Gasteiger partial charge in [-0.15, -0.1) is 0 Å². The van der Waals surface area contributed by atoms with Crippen molar-refractivity contribution in [3.05, 3.63) is 0 Å². The van der Waals surface area contributed by atoms with Gasteiger partial charge in [0, 0.05) is 26.2 Å². The second-order valence-corrected chi connectivity index (χ2v) is 6.20. The van der Waals surface area contributed by atoms with Crippen LogP contribution in [0.1, 0.15) is 40.0 Å². The highest BCUT2D eigenvalue weighted by Crippen LogP contribution is 2.15. The molecular formula is C15H33N3. The van der Waals surface area contributed by atoms with Crippen molar-refractivity contribution < 1.29 is 0 Å². The SMILES string of the molecule is CCCN1CCN(CC[C@@H](CN)CC(C)C)CC1. The maximum Gasteiger partial charge on any atom is 0.0110 e. The number of nitrogens with zero attached hydrogens (tertiary/aromatic N) is 2. The summed E-state index contributed by atoms with van der Waals surface area (Å²) in [4.78, 5) is 5.21. The molecule has 3 heteroatoms. The standard InChI is InChI=1S/C15H33N3/c1-4-6-17-8-10-18(11-9-17)7-5-15(13-16)12-14(2)3/h14-15H,4-13,16H2,1-3H3/t15-/m1/s1. The predicted octanol–water partition coefficient (Wildman–Crippen LogP) is 2.03. The van der Waals surface area contributed by atoms with Gasteiger partial charge in [-0.25, -0.2) is 0 Å². The molecule has 1 aliphatic rings. The van der Waals surface area contributed by atoms with Gasteiger partial charge in [0.25, 0.3) is 0 Å². The van der Waals surface area contributed by atoms with Gasteiger partial charge in [-0.05, 0) is 50.7 Å². The summed E-state index contributed by atoms with van der Waals surface area (Å²) in [5, 5.41) is 0. The molecular weight excluding hydrogens is 222 g/mol. The molecule has 1 fully saturated rings. The number of nitrogens with two attached hydrogens (primary N) is 1. The lowest BCUT2D eigenvalue weighted by Gasteiger charge is -2.35. The van der Waals surface area contributed by atoms with Crippen LogP contribution in [0.25, 0.3) is 0 Å². The van der Waals surface area contributed by atoms with Crippen molar-refractivity contribution in [3.63, 3.8) is 0 Å². The van der Waals surface area contributed by atoms with Crippen LogP contribution in [0.2, 0.25) is 0 Å². The molecule has 1 rings (SSSR count). The van der Waals surface area contributed by atoms with Crippen molar-refractivity contribution in [2.75, 3.05) is 45.8 Å². The van der Waals surface area contributed by atoms with E-state index < -0.39 is 0 Å². The highest BCUT2D eigenvalue weighted by Gasteiger charge is 2.17. The number of hydrogen-bond acceptors (Lipinski definition) is 3. The first kappa shape index (κ1) is 15.9. The maximum atomic E-state index is 5.87. The summed E-state index contributed by atoms with van der Waals surface area (Å²) < 4.78 is 0. The van der Waals surface area contributed by atoms with Crippen molar-refractivity contribution in [1.82, 2.24) is 9.80 Å². The van der Waals surface area contributed by atoms with Crippen LogP contribution >= 0.6 is 0 Å². The molecule has 3 nitrogen and oxygen atoms in total. The molecule has 0 bridgehead atoms. The molecule has 0 aromatic carbocycles. The minimum atomic E-state index is 0.721. The second kappa shape index (κ2) is 8.89. The number of hydrogen-bond donors (Lipinski definition) is 1. The summed E-state index contributed by atoms with van der Waals surface area (Å²) in [6, 6.07) is 0. The van der Waals surface area contributed by atoms with Crippen LogP contribution in [-0.4, -0.2) is 55.6 Å². The van der Waals surface area contributed by atoms with Gasteiger partial charge in [-0.2, -0.15) is 0 Å². The molecule has 0 saturated carbocycles. The Morgan fingerprint density at radius 3 is 2.00 bits per heavy atom. The van der Waals surface area contributed by atoms with Gasteiger partial charge in [0.1, 0.15) is 0 Å². The summed E-state index contributed by atoms with van der Waals surface area (Å²) in [7, 11) is 0. The molecule has 0 aromatic rings. The molecule has 0 aromatic heterocycles. The van der Waals surface area contributed by atoms with E-state index in [1.54, 1.807) is 0 Å². The van der Waals surface area contributed by atoms with E-state index >= 15 is 0 Å². The molecule has 1 aliphatic heterocycles. The topological polar surface area (TPSA) is 32.5 Å². The fourth-order valence-electron chi connectivity index (χ4n) is 2.92. The summed E-state index contributed by atoms with van der Waals surface area (Å²) >= 11 is 0. The van der Waals surface area contributed by atoms with E-state index in [9.17, 15) is 0 Å². The molecule has 18 heavy (non-hydrogen) atoms. The third-order valence-electron chi connectivity index (χ3n) is 4.00. The maximum absolute atomic E-state index is 5.87. The third kappa shape index (κ3) is 6.17. The first-order valence-corrected chi connectivity index (χ1v) is 7.80. The van der Waals surface area contributed by atoms with Crippen molar-refractivity contribution in [2.45, 2.75) is 40.0 Å². The van der Waals surface area contributed by atoms with E-state index in [1.807, 2.05) is 0 Å². The van der Waals surface area contributed by atoms with E-state index in [0.717, 1.165) is 18.4 Å². The Morgan fingerprint density at radius 2 is 1.56 bits per heavy atom. The highest BCUT2D eigenvalue weighted by molar-refractivity contribution is 4.73. The Balaban J connectivity index is 2.16. The van der Waals surface area contributed by atoms with Gasteiger partial charge >= 0.3 is 0 Å². The van der Waals surface area contributed by atoms with E-state index in [2.05, 4.69) is 30.6 Å². The van der Waals surface area contributed by atoms with E-state index in [0.29, 0.717) is 0 Å². The molecule has 1 atom stereocenters. The summed E-state index contributed by atoms with van der Waals surface area (Å²) in [6.07, 6.45) is 3.85. The Hall–Kier alpha value is -0.120. The molecule has 0 spiro atoms. The first-order chi connectivity index (χ1) is 8.65. The molecule has 0 radical (unpaired) electrons. The molecule has 2 N–H and O–H groups in total. The van der Waals surface area contributed by atoms with E-state index in [-0.39, 0.29) is 0 Å². The van der Waals surface area contributed by atoms with Crippen molar-refractivity contribution in [1.29, 1.82) is 0 Å². The van der Waals surface area contributed by atoms with Gasteiger partial charge in [0.2, 0.25) is 0 Å². The zero-order chi connectivity index (χ0) is 13.4. The van der Waals surface area contributed by atoms with Crippen LogP contribution in [0.5, 0.6) is 0 Å². The van der Waals surface area contributed by atoms with Crippen LogP contribution in [-0.2, 0) is 0 Å². The average molecular weight is 255 g/mol. The molecule has 1 heterocycles. The van der Waals surface area contributed by atoms with Crippen molar-refractivity contribution in [3.8, 4) is 0 Å². The Labute approximate surface area is 114 Å². The zero-order valence-corrected chi connectivity index (χ0v) is 12.7. The fraction of sp³-hybridized carbons (Fsp3) is 1.00. The zero-order valence-electron chi connectivity index (χ0n) is 12.7. The first-order valence-electron chi connectivity index (χ1n) is 7.80. The Bertz CT molecular complexity index is 198.